The number of nitrogens with one attached hydrogen (secondary N) is 3. The van der Waals surface area contributed by atoms with E-state index in [2.05, 4.69) is 30.7 Å². The third kappa shape index (κ3) is 3.28. The quantitative estimate of drug-likeness (QED) is 0.511. The maximum absolute atomic E-state index is 12.7. The van der Waals surface area contributed by atoms with Crippen molar-refractivity contribution in [2.45, 2.75) is 19.3 Å². The van der Waals surface area contributed by atoms with Gasteiger partial charge in [-0.25, -0.2) is 9.78 Å². The molecule has 0 radical (unpaired) electrons. The molecule has 2 amide bonds. The Labute approximate surface area is 161 Å². The Bertz CT molecular complexity index is 1100. The van der Waals surface area contributed by atoms with Crippen LogP contribution in [0, 0.1) is 5.92 Å². The minimum Gasteiger partial charge on any atom is -0.342 e. The second-order valence-corrected chi connectivity index (χ2v) is 7.32. The fraction of sp³-hybridized carbons (Fsp3) is 0.300. The van der Waals surface area contributed by atoms with Gasteiger partial charge in [-0.1, -0.05) is 12.1 Å². The molecular weight excluding hydrogens is 354 g/mol. The number of benzene rings is 2. The van der Waals surface area contributed by atoms with Crippen molar-refractivity contribution in [3.63, 3.8) is 0 Å². The number of H-pyrrole nitrogens is 2. The highest BCUT2D eigenvalue weighted by Crippen LogP contribution is 2.22. The van der Waals surface area contributed by atoms with Crippen LogP contribution in [0.5, 0.6) is 0 Å². The van der Waals surface area contributed by atoms with Crippen LogP contribution < -0.4 is 5.32 Å². The van der Waals surface area contributed by atoms with Gasteiger partial charge in [-0.2, -0.15) is 15.4 Å². The molecule has 142 valence electrons. The van der Waals surface area contributed by atoms with E-state index in [0.717, 1.165) is 65.9 Å². The predicted octanol–water partition coefficient (Wildman–Crippen LogP) is 3.32. The summed E-state index contributed by atoms with van der Waals surface area (Å²) in [5.74, 6) is 1.39. The molecular formula is C20H21N7O. The number of aromatic nitrogens is 5. The molecule has 1 fully saturated rings. The highest BCUT2D eigenvalue weighted by molar-refractivity contribution is 5.91. The van der Waals surface area contributed by atoms with E-state index in [0.29, 0.717) is 5.92 Å². The van der Waals surface area contributed by atoms with E-state index in [1.807, 2.05) is 47.4 Å². The lowest BCUT2D eigenvalue weighted by atomic mass is 9.95. The lowest BCUT2D eigenvalue weighted by Gasteiger charge is -2.32. The van der Waals surface area contributed by atoms with E-state index >= 15 is 0 Å². The molecule has 4 aromatic rings. The number of imidazole rings is 1. The number of likely N-dealkylation sites (tertiary alicyclic amines) is 1. The van der Waals surface area contributed by atoms with Crippen LogP contribution in [0.4, 0.5) is 10.5 Å². The average Bonchev–Trinajstić information content (AvgIpc) is 3.33. The normalized spacial score (nSPS) is 17.3. The van der Waals surface area contributed by atoms with Gasteiger partial charge < -0.3 is 15.2 Å². The van der Waals surface area contributed by atoms with Crippen LogP contribution in [0.3, 0.4) is 0 Å². The van der Waals surface area contributed by atoms with Crippen LogP contribution in [0.1, 0.15) is 18.7 Å². The fourth-order valence-corrected chi connectivity index (χ4v) is 3.91. The first kappa shape index (κ1) is 16.7. The predicted molar refractivity (Wildman–Crippen MR) is 107 cm³/mol. The molecule has 0 saturated carbocycles. The fourth-order valence-electron chi connectivity index (χ4n) is 3.91. The summed E-state index contributed by atoms with van der Waals surface area (Å²) >= 11 is 0. The van der Waals surface area contributed by atoms with Gasteiger partial charge in [0.25, 0.3) is 0 Å². The molecule has 0 bridgehead atoms. The van der Waals surface area contributed by atoms with E-state index in [9.17, 15) is 4.79 Å². The highest BCUT2D eigenvalue weighted by Gasteiger charge is 2.25. The van der Waals surface area contributed by atoms with Crippen LogP contribution in [0.25, 0.3) is 22.1 Å². The number of fused-ring (bicyclic) bond motifs is 2. The minimum atomic E-state index is -0.0721. The Kier molecular flexibility index (Phi) is 4.16. The summed E-state index contributed by atoms with van der Waals surface area (Å²) in [6.07, 6.45) is 2.95. The number of nitrogens with zero attached hydrogens (tertiary/aromatic N) is 4. The molecule has 0 unspecified atom stereocenters. The Hall–Kier alpha value is -3.42. The molecule has 5 rings (SSSR count). The van der Waals surface area contributed by atoms with E-state index in [1.54, 1.807) is 0 Å². The molecule has 1 saturated heterocycles. The van der Waals surface area contributed by atoms with Crippen LogP contribution in [0.2, 0.25) is 0 Å². The second-order valence-electron chi connectivity index (χ2n) is 7.32. The molecule has 2 aromatic carbocycles. The summed E-state index contributed by atoms with van der Waals surface area (Å²) in [7, 11) is 0. The van der Waals surface area contributed by atoms with E-state index in [4.69, 9.17) is 0 Å². The Morgan fingerprint density at radius 3 is 2.96 bits per heavy atom. The summed E-state index contributed by atoms with van der Waals surface area (Å²) in [4.78, 5) is 22.7. The van der Waals surface area contributed by atoms with Crippen molar-refractivity contribution in [3.05, 3.63) is 48.3 Å². The monoisotopic (exact) mass is 375 g/mol. The molecule has 0 spiro atoms. The Balaban J connectivity index is 1.24. The summed E-state index contributed by atoms with van der Waals surface area (Å²) < 4.78 is 0. The number of hydrogen-bond donors (Lipinski definition) is 3. The van der Waals surface area contributed by atoms with Gasteiger partial charge in [-0.15, -0.1) is 0 Å². The lowest BCUT2D eigenvalue weighted by molar-refractivity contribution is 0.176. The SMILES string of the molecule is O=C(Nc1ccc2n[nH]nc2c1)N1CCC[C@@H](Cc2nc3ccccc3[nH]2)C1. The average molecular weight is 375 g/mol. The van der Waals surface area contributed by atoms with E-state index in [-0.39, 0.29) is 6.03 Å². The first-order valence-electron chi connectivity index (χ1n) is 9.55. The van der Waals surface area contributed by atoms with Gasteiger partial charge in [0.1, 0.15) is 16.9 Å². The second kappa shape index (κ2) is 6.95. The molecule has 1 aliphatic heterocycles. The zero-order chi connectivity index (χ0) is 18.9. The maximum atomic E-state index is 12.7. The number of urea groups is 1. The van der Waals surface area contributed by atoms with Gasteiger partial charge in [0, 0.05) is 25.2 Å². The van der Waals surface area contributed by atoms with Crippen molar-refractivity contribution >= 4 is 33.8 Å². The lowest BCUT2D eigenvalue weighted by Crippen LogP contribution is -2.42. The number of anilines is 1. The standard InChI is InChI=1S/C20H21N7O/c28-20(21-14-7-8-17-18(11-14)25-26-24-17)27-9-3-4-13(12-27)10-19-22-15-5-1-2-6-16(15)23-19/h1-2,5-8,11,13H,3-4,9-10,12H2,(H,21,28)(H,22,23)(H,24,25,26)/t13-/m0/s1. The van der Waals surface area contributed by atoms with Crippen LogP contribution in [-0.2, 0) is 6.42 Å². The van der Waals surface area contributed by atoms with Crippen molar-refractivity contribution < 1.29 is 4.79 Å². The molecule has 1 atom stereocenters. The molecule has 28 heavy (non-hydrogen) atoms. The number of carbonyl (C=O) groups excluding carboxylic acids is 1. The topological polar surface area (TPSA) is 103 Å². The van der Waals surface area contributed by atoms with Crippen LogP contribution >= 0.6 is 0 Å². The largest absolute Gasteiger partial charge is 0.342 e. The molecule has 0 aliphatic carbocycles. The van der Waals surface area contributed by atoms with E-state index < -0.39 is 0 Å². The number of aromatic amines is 2. The number of para-hydroxylation sites is 2. The van der Waals surface area contributed by atoms with Crippen molar-refractivity contribution in [1.82, 2.24) is 30.3 Å². The molecule has 1 aliphatic rings. The maximum Gasteiger partial charge on any atom is 0.321 e. The number of piperidine rings is 1. The smallest absolute Gasteiger partial charge is 0.321 e. The number of carbonyl (C=O) groups is 1. The van der Waals surface area contributed by atoms with Gasteiger partial charge >= 0.3 is 6.03 Å². The Morgan fingerprint density at radius 1 is 1.14 bits per heavy atom. The molecule has 3 N–H and O–H groups in total. The summed E-state index contributed by atoms with van der Waals surface area (Å²) in [5, 5.41) is 13.7. The third-order valence-electron chi connectivity index (χ3n) is 5.29. The van der Waals surface area contributed by atoms with E-state index in [1.165, 1.54) is 0 Å². The van der Waals surface area contributed by atoms with Crippen molar-refractivity contribution in [2.24, 2.45) is 5.92 Å². The zero-order valence-electron chi connectivity index (χ0n) is 15.4. The van der Waals surface area contributed by atoms with Crippen LogP contribution in [0.15, 0.2) is 42.5 Å². The number of rotatable bonds is 3. The number of amides is 2. The first-order valence-corrected chi connectivity index (χ1v) is 9.55. The summed E-state index contributed by atoms with van der Waals surface area (Å²) in [6, 6.07) is 13.5. The van der Waals surface area contributed by atoms with Gasteiger partial charge in [0.2, 0.25) is 0 Å². The van der Waals surface area contributed by atoms with Gasteiger partial charge in [-0.05, 0) is 49.1 Å². The number of hydrogen-bond acceptors (Lipinski definition) is 4. The van der Waals surface area contributed by atoms with Crippen LogP contribution in [-0.4, -0.2) is 49.4 Å². The van der Waals surface area contributed by atoms with Crippen molar-refractivity contribution in [3.8, 4) is 0 Å². The highest BCUT2D eigenvalue weighted by atomic mass is 16.2. The molecule has 2 aromatic heterocycles. The Morgan fingerprint density at radius 2 is 2.04 bits per heavy atom. The molecule has 8 heteroatoms. The summed E-state index contributed by atoms with van der Waals surface area (Å²) in [6.45, 7) is 1.50. The summed E-state index contributed by atoms with van der Waals surface area (Å²) in [5.41, 5.74) is 4.30. The van der Waals surface area contributed by atoms with Gasteiger partial charge in [0.15, 0.2) is 0 Å². The first-order chi connectivity index (χ1) is 13.7. The van der Waals surface area contributed by atoms with Crippen molar-refractivity contribution in [1.29, 1.82) is 0 Å². The van der Waals surface area contributed by atoms with Gasteiger partial charge in [-0.3, -0.25) is 0 Å². The zero-order valence-corrected chi connectivity index (χ0v) is 15.4. The molecule has 3 heterocycles. The minimum absolute atomic E-state index is 0.0721. The molecule has 8 nitrogen and oxygen atoms in total. The third-order valence-corrected chi connectivity index (χ3v) is 5.29. The van der Waals surface area contributed by atoms with Crippen molar-refractivity contribution in [2.75, 3.05) is 18.4 Å². The van der Waals surface area contributed by atoms with Gasteiger partial charge in [0.05, 0.1) is 11.0 Å².